The van der Waals surface area contributed by atoms with Crippen molar-refractivity contribution < 1.29 is 0 Å². The van der Waals surface area contributed by atoms with E-state index in [0.717, 1.165) is 8.46 Å². The molecule has 3 radical (unpaired) electrons. The van der Waals surface area contributed by atoms with Crippen molar-refractivity contribution in [2.45, 2.75) is 0 Å². The molecule has 0 aromatic rings. The smallest absolute Gasteiger partial charge is 0 e. The monoisotopic (exact) mass is 455 g/mol. The molecular weight excluding hydrogens is 455 g/mol. The van der Waals surface area contributed by atoms with Gasteiger partial charge in [-0.05, 0) is 0 Å². The normalized spacial score (nSPS) is 4.50. The van der Waals surface area contributed by atoms with Crippen molar-refractivity contribution in [3.05, 3.63) is 0 Å². The first-order chi connectivity index (χ1) is 1.41. The van der Waals surface area contributed by atoms with Crippen LogP contribution in [0.15, 0.2) is 0 Å². The van der Waals surface area contributed by atoms with Crippen LogP contribution in [0.4, 0.5) is 0 Å². The molecule has 0 unspecified atom stereocenters. The number of rotatable bonds is 0. The fourth-order valence-corrected chi connectivity index (χ4v) is 0. The molecule has 0 atom stereocenters. The van der Waals surface area contributed by atoms with Crippen molar-refractivity contribution >= 4 is 73.6 Å². The van der Waals surface area contributed by atoms with Crippen LogP contribution in [0.1, 0.15) is 0 Å². The molecule has 4 heavy (non-hydrogen) atoms. The zero-order valence-electron chi connectivity index (χ0n) is 1.61. The fraction of sp³-hybridized carbons (Fsp3) is 0. The van der Waals surface area contributed by atoms with Gasteiger partial charge in [-0.3, -0.25) is 0 Å². The van der Waals surface area contributed by atoms with Gasteiger partial charge in [0.2, 0.25) is 0 Å². The van der Waals surface area contributed by atoms with E-state index in [9.17, 15) is 0 Å². The summed E-state index contributed by atoms with van der Waals surface area (Å²) in [6.07, 6.45) is 0. The van der Waals surface area contributed by atoms with Gasteiger partial charge in [0.1, 0.15) is 0 Å². The first-order valence-corrected chi connectivity index (χ1v) is 10.8. The van der Waals surface area contributed by atoms with Crippen molar-refractivity contribution in [3.63, 3.8) is 0 Å². The van der Waals surface area contributed by atoms with E-state index in [0.29, 0.717) is 0 Å². The summed E-state index contributed by atoms with van der Waals surface area (Å²) < 4.78 is 0. The van der Waals surface area contributed by atoms with Gasteiger partial charge in [-0.15, -0.1) is 0 Å². The van der Waals surface area contributed by atoms with Gasteiger partial charge in [-0.2, -0.15) is 0 Å². The minimum Gasteiger partial charge on any atom is 0 e. The molecule has 0 aliphatic carbocycles. The Morgan fingerprint density at radius 3 is 1.25 bits per heavy atom. The van der Waals surface area contributed by atoms with Crippen LogP contribution in [0.5, 0.6) is 0 Å². The fourth-order valence-electron chi connectivity index (χ4n) is 0. The average molecular weight is 455 g/mol. The zero-order chi connectivity index (χ0) is 2.71. The summed E-state index contributed by atoms with van der Waals surface area (Å²) in [5, 5.41) is 0. The molecule has 4 heteroatoms. The predicted octanol–water partition coefficient (Wildman–Crippen LogP) is 1.01. The zero-order valence-corrected chi connectivity index (χ0v) is 10.2. The van der Waals surface area contributed by atoms with Crippen LogP contribution >= 0.6 is 40.7 Å². The van der Waals surface area contributed by atoms with E-state index < -0.39 is 0 Å². The molecule has 0 heterocycles. The van der Waals surface area contributed by atoms with Gasteiger partial charge in [-0.25, -0.2) is 0 Å². The molecule has 0 rings (SSSR count). The van der Waals surface area contributed by atoms with Crippen LogP contribution < -0.4 is 0 Å². The summed E-state index contributed by atoms with van der Waals surface area (Å²) >= 11 is 4.68. The van der Waals surface area contributed by atoms with Gasteiger partial charge in [-0.1, -0.05) is 0 Å². The SMILES string of the molecule is I[Se]I.[Sb]. The van der Waals surface area contributed by atoms with E-state index >= 15 is 0 Å². The van der Waals surface area contributed by atoms with Crippen molar-refractivity contribution in [1.82, 2.24) is 0 Å². The molecule has 0 aromatic heterocycles. The Morgan fingerprint density at radius 2 is 1.25 bits per heavy atom. The number of hydrogen-bond acceptors (Lipinski definition) is 0. The van der Waals surface area contributed by atoms with E-state index in [1.54, 1.807) is 0 Å². The van der Waals surface area contributed by atoms with E-state index in [1.807, 2.05) is 0 Å². The van der Waals surface area contributed by atoms with Crippen molar-refractivity contribution in [1.29, 1.82) is 0 Å². The summed E-state index contributed by atoms with van der Waals surface area (Å²) in [5.41, 5.74) is 0. The maximum absolute atomic E-state index is 2.34. The Balaban J connectivity index is 0. The minimum atomic E-state index is 0. The molecule has 0 spiro atoms. The molecule has 0 fully saturated rings. The molecule has 0 N–H and O–H groups in total. The first kappa shape index (κ1) is 9.93. The van der Waals surface area contributed by atoms with E-state index in [2.05, 4.69) is 40.7 Å². The largest absolute Gasteiger partial charge is 0 e. The molecule has 0 bridgehead atoms. The van der Waals surface area contributed by atoms with Crippen molar-refractivity contribution in [3.8, 4) is 0 Å². The van der Waals surface area contributed by atoms with Crippen LogP contribution in [0, 0.1) is 0 Å². The van der Waals surface area contributed by atoms with Crippen LogP contribution in [0.25, 0.3) is 0 Å². The van der Waals surface area contributed by atoms with Gasteiger partial charge in [0.15, 0.2) is 0 Å². The summed E-state index contributed by atoms with van der Waals surface area (Å²) in [6, 6.07) is 0. The average Bonchev–Trinajstić information content (AvgIpc) is 0.918. The van der Waals surface area contributed by atoms with E-state index in [-0.39, 0.29) is 24.4 Å². The quantitative estimate of drug-likeness (QED) is 0.379. The van der Waals surface area contributed by atoms with Gasteiger partial charge in [0, 0.05) is 24.4 Å². The molecule has 0 aliphatic heterocycles. The molecule has 0 saturated carbocycles. The Kier molecular flexibility index (Phi) is 23.0. The third kappa shape index (κ3) is 8.84. The molecule has 25 valence electrons. The van der Waals surface area contributed by atoms with Crippen LogP contribution in [-0.4, -0.2) is 32.9 Å². The predicted molar refractivity (Wildman–Crippen MR) is 39.5 cm³/mol. The Morgan fingerprint density at radius 1 is 1.25 bits per heavy atom. The summed E-state index contributed by atoms with van der Waals surface area (Å²) in [7, 11) is 0.815. The summed E-state index contributed by atoms with van der Waals surface area (Å²) in [5.74, 6) is 0. The van der Waals surface area contributed by atoms with E-state index in [4.69, 9.17) is 0 Å². The molecule has 0 aromatic carbocycles. The Labute approximate surface area is 71.9 Å². The summed E-state index contributed by atoms with van der Waals surface area (Å²) in [6.45, 7) is 0. The third-order valence-corrected chi connectivity index (χ3v) is 0. The standard InChI is InChI=1S/I2Se.Sb/c1-3-2;. The molecule has 0 aliphatic rings. The second-order valence-electron chi connectivity index (χ2n) is 0.0583. The van der Waals surface area contributed by atoms with E-state index in [1.165, 1.54) is 0 Å². The molecular formula is I2SbSe. The number of halogens is 2. The third-order valence-electron chi connectivity index (χ3n) is 0. The summed E-state index contributed by atoms with van der Waals surface area (Å²) in [4.78, 5) is 0. The first-order valence-electron chi connectivity index (χ1n) is 0.309. The second-order valence-corrected chi connectivity index (χ2v) is 13.6. The molecule has 0 saturated heterocycles. The van der Waals surface area contributed by atoms with Gasteiger partial charge < -0.3 is 0 Å². The van der Waals surface area contributed by atoms with Crippen LogP contribution in [0.3, 0.4) is 0 Å². The molecule has 0 amide bonds. The van der Waals surface area contributed by atoms with Crippen LogP contribution in [0.2, 0.25) is 0 Å². The van der Waals surface area contributed by atoms with Gasteiger partial charge >= 0.3 is 49.1 Å². The van der Waals surface area contributed by atoms with Gasteiger partial charge in [0.25, 0.3) is 0 Å². The van der Waals surface area contributed by atoms with Gasteiger partial charge in [0.05, 0.1) is 0 Å². The van der Waals surface area contributed by atoms with Crippen molar-refractivity contribution in [2.24, 2.45) is 0 Å². The second kappa shape index (κ2) is 9.25. The molecule has 0 nitrogen and oxygen atoms in total. The minimum absolute atomic E-state index is 0. The Bertz CT molecular complexity index is 6.00. The van der Waals surface area contributed by atoms with Crippen molar-refractivity contribution in [2.75, 3.05) is 0 Å². The maximum atomic E-state index is 2.34. The van der Waals surface area contributed by atoms with Crippen LogP contribution in [-0.2, 0) is 0 Å². The topological polar surface area (TPSA) is 0 Å². The Hall–Kier alpha value is 2.80. The maximum Gasteiger partial charge on any atom is 0 e. The number of hydrogen-bond donors (Lipinski definition) is 0.